The molecule has 0 heterocycles. The van der Waals surface area contributed by atoms with E-state index in [4.69, 9.17) is 14.9 Å². The predicted octanol–water partition coefficient (Wildman–Crippen LogP) is 5.24. The number of carbonyl (C=O) groups excluding carboxylic acids is 1. The van der Waals surface area contributed by atoms with E-state index in [1.165, 1.54) is 77.0 Å². The molecule has 0 aliphatic carbocycles. The Labute approximate surface area is 159 Å². The number of ether oxygens (including phenoxy) is 1. The van der Waals surface area contributed by atoms with Gasteiger partial charge in [-0.15, -0.1) is 0 Å². The number of aliphatic hydroxyl groups is 1. The minimum absolute atomic E-state index is 0.224. The van der Waals surface area contributed by atoms with E-state index in [1.807, 2.05) is 0 Å². The average molecular weight is 373 g/mol. The van der Waals surface area contributed by atoms with Crippen molar-refractivity contribution in [3.8, 4) is 0 Å². The van der Waals surface area contributed by atoms with Crippen molar-refractivity contribution in [1.82, 2.24) is 0 Å². The highest BCUT2D eigenvalue weighted by Crippen LogP contribution is 2.14. The lowest BCUT2D eigenvalue weighted by atomic mass is 10.0. The summed E-state index contributed by atoms with van der Waals surface area (Å²) in [5, 5.41) is 17.5. The van der Waals surface area contributed by atoms with Gasteiger partial charge in [0.2, 0.25) is 6.10 Å². The van der Waals surface area contributed by atoms with E-state index in [1.54, 1.807) is 0 Å². The lowest BCUT2D eigenvalue weighted by molar-refractivity contribution is -0.166. The van der Waals surface area contributed by atoms with Crippen LogP contribution in [0.5, 0.6) is 0 Å². The third kappa shape index (κ3) is 16.4. The third-order valence-corrected chi connectivity index (χ3v) is 4.70. The summed E-state index contributed by atoms with van der Waals surface area (Å²) in [6.07, 6.45) is 17.7. The van der Waals surface area contributed by atoms with Gasteiger partial charge >= 0.3 is 11.9 Å². The molecule has 0 aliphatic rings. The highest BCUT2D eigenvalue weighted by Gasteiger charge is 2.20. The molecule has 0 saturated carbocycles. The van der Waals surface area contributed by atoms with Gasteiger partial charge in [-0.3, -0.25) is 4.79 Å². The fourth-order valence-electron chi connectivity index (χ4n) is 3.02. The third-order valence-electron chi connectivity index (χ3n) is 4.70. The van der Waals surface area contributed by atoms with Crippen LogP contribution in [0.1, 0.15) is 110 Å². The highest BCUT2D eigenvalue weighted by atomic mass is 16.6. The van der Waals surface area contributed by atoms with E-state index >= 15 is 0 Å². The van der Waals surface area contributed by atoms with Gasteiger partial charge in [0.15, 0.2) is 0 Å². The van der Waals surface area contributed by atoms with E-state index < -0.39 is 24.6 Å². The Kier molecular flexibility index (Phi) is 17.9. The van der Waals surface area contributed by atoms with Crippen molar-refractivity contribution in [1.29, 1.82) is 0 Å². The van der Waals surface area contributed by atoms with Gasteiger partial charge in [-0.1, -0.05) is 96.8 Å². The van der Waals surface area contributed by atoms with Crippen molar-refractivity contribution >= 4 is 11.9 Å². The molecule has 0 rings (SSSR count). The van der Waals surface area contributed by atoms with Crippen LogP contribution < -0.4 is 0 Å². The smallest absolute Gasteiger partial charge is 0.347 e. The number of esters is 1. The quantitative estimate of drug-likeness (QED) is 0.239. The second-order valence-corrected chi connectivity index (χ2v) is 7.20. The topological polar surface area (TPSA) is 83.8 Å². The molecule has 1 atom stereocenters. The highest BCUT2D eigenvalue weighted by molar-refractivity contribution is 5.78. The molecule has 0 radical (unpaired) electrons. The minimum atomic E-state index is -1.43. The Morgan fingerprint density at radius 2 is 1.12 bits per heavy atom. The molecule has 0 aromatic rings. The Morgan fingerprint density at radius 3 is 1.46 bits per heavy atom. The van der Waals surface area contributed by atoms with Gasteiger partial charge in [0.25, 0.3) is 0 Å². The summed E-state index contributed by atoms with van der Waals surface area (Å²) in [5.41, 5.74) is 0. The molecular formula is C21H40O5. The lowest BCUT2D eigenvalue weighted by Gasteiger charge is -2.10. The van der Waals surface area contributed by atoms with Crippen molar-refractivity contribution in [2.45, 2.75) is 116 Å². The first-order valence-corrected chi connectivity index (χ1v) is 10.6. The van der Waals surface area contributed by atoms with Crippen molar-refractivity contribution in [2.75, 3.05) is 6.61 Å². The Balaban J connectivity index is 3.26. The van der Waals surface area contributed by atoms with Crippen LogP contribution >= 0.6 is 0 Å². The molecule has 0 saturated heterocycles. The second-order valence-electron chi connectivity index (χ2n) is 7.20. The maximum atomic E-state index is 11.5. The van der Waals surface area contributed by atoms with Crippen molar-refractivity contribution in [2.24, 2.45) is 0 Å². The molecule has 0 aromatic carbocycles. The summed E-state index contributed by atoms with van der Waals surface area (Å²) in [7, 11) is 0. The van der Waals surface area contributed by atoms with E-state index in [-0.39, 0.29) is 6.42 Å². The van der Waals surface area contributed by atoms with Gasteiger partial charge in [-0.05, 0) is 6.42 Å². The summed E-state index contributed by atoms with van der Waals surface area (Å²) in [6, 6.07) is 0. The first-order valence-electron chi connectivity index (χ1n) is 10.6. The van der Waals surface area contributed by atoms with Crippen LogP contribution in [0.2, 0.25) is 0 Å². The van der Waals surface area contributed by atoms with Gasteiger partial charge in [0.05, 0.1) is 6.61 Å². The van der Waals surface area contributed by atoms with Gasteiger partial charge in [0, 0.05) is 6.42 Å². The molecule has 0 aromatic heterocycles. The molecule has 26 heavy (non-hydrogen) atoms. The SMILES string of the molecule is CCCCCCCCCCCCCCCCCC(=O)OC(CO)C(=O)O. The van der Waals surface area contributed by atoms with Crippen LogP contribution in [0, 0.1) is 0 Å². The molecule has 0 bridgehead atoms. The summed E-state index contributed by atoms with van der Waals surface area (Å²) < 4.78 is 4.69. The number of hydrogen-bond acceptors (Lipinski definition) is 4. The average Bonchev–Trinajstić information content (AvgIpc) is 2.62. The Morgan fingerprint density at radius 1 is 0.731 bits per heavy atom. The Hall–Kier alpha value is -1.10. The number of carboxylic acids is 1. The van der Waals surface area contributed by atoms with Crippen molar-refractivity contribution < 1.29 is 24.5 Å². The normalized spacial score (nSPS) is 12.1. The number of unbranched alkanes of at least 4 members (excludes halogenated alkanes) is 14. The summed E-state index contributed by atoms with van der Waals surface area (Å²) in [5.74, 6) is -1.85. The van der Waals surface area contributed by atoms with Crippen LogP contribution in [0.25, 0.3) is 0 Å². The number of hydrogen-bond donors (Lipinski definition) is 2. The maximum Gasteiger partial charge on any atom is 0.347 e. The van der Waals surface area contributed by atoms with Crippen LogP contribution in [-0.4, -0.2) is 34.9 Å². The molecule has 0 fully saturated rings. The number of carbonyl (C=O) groups is 2. The van der Waals surface area contributed by atoms with Crippen LogP contribution in [0.3, 0.4) is 0 Å². The zero-order chi connectivity index (χ0) is 19.5. The summed E-state index contributed by atoms with van der Waals surface area (Å²) in [6.45, 7) is 1.57. The molecular weight excluding hydrogens is 332 g/mol. The number of aliphatic hydroxyl groups excluding tert-OH is 1. The van der Waals surface area contributed by atoms with Crippen LogP contribution in [0.4, 0.5) is 0 Å². The standard InChI is InChI=1S/C21H40O5/c1-2-3-4-5-6-7-8-9-10-11-12-13-14-15-16-17-20(23)26-19(18-22)21(24)25/h19,22H,2-18H2,1H3,(H,24,25). The molecule has 0 spiro atoms. The van der Waals surface area contributed by atoms with Crippen molar-refractivity contribution in [3.63, 3.8) is 0 Å². The Bertz CT molecular complexity index is 343. The largest absolute Gasteiger partial charge is 0.478 e. The second kappa shape index (κ2) is 18.7. The first kappa shape index (κ1) is 24.9. The molecule has 0 aliphatic heterocycles. The molecule has 5 nitrogen and oxygen atoms in total. The van der Waals surface area contributed by atoms with Crippen molar-refractivity contribution in [3.05, 3.63) is 0 Å². The fraction of sp³-hybridized carbons (Fsp3) is 0.905. The van der Waals surface area contributed by atoms with Gasteiger partial charge < -0.3 is 14.9 Å². The number of aliphatic carboxylic acids is 1. The zero-order valence-corrected chi connectivity index (χ0v) is 16.7. The molecule has 2 N–H and O–H groups in total. The van der Waals surface area contributed by atoms with Gasteiger partial charge in [0.1, 0.15) is 0 Å². The summed E-state index contributed by atoms with van der Waals surface area (Å²) >= 11 is 0. The first-order chi connectivity index (χ1) is 12.6. The van der Waals surface area contributed by atoms with Crippen LogP contribution in [-0.2, 0) is 14.3 Å². The van der Waals surface area contributed by atoms with Gasteiger partial charge in [-0.2, -0.15) is 0 Å². The predicted molar refractivity (Wildman–Crippen MR) is 104 cm³/mol. The maximum absolute atomic E-state index is 11.5. The molecule has 1 unspecified atom stereocenters. The van der Waals surface area contributed by atoms with Gasteiger partial charge in [-0.25, -0.2) is 4.79 Å². The lowest BCUT2D eigenvalue weighted by Crippen LogP contribution is -2.30. The van der Waals surface area contributed by atoms with E-state index in [0.29, 0.717) is 6.42 Å². The van der Waals surface area contributed by atoms with E-state index in [9.17, 15) is 9.59 Å². The number of rotatable bonds is 19. The number of carboxylic acid groups (broad SMARTS) is 1. The molecule has 0 amide bonds. The summed E-state index contributed by atoms with van der Waals surface area (Å²) in [4.78, 5) is 22.1. The fourth-order valence-corrected chi connectivity index (χ4v) is 3.02. The van der Waals surface area contributed by atoms with Crippen LogP contribution in [0.15, 0.2) is 0 Å². The monoisotopic (exact) mass is 372 g/mol. The minimum Gasteiger partial charge on any atom is -0.478 e. The van der Waals surface area contributed by atoms with E-state index in [2.05, 4.69) is 6.92 Å². The zero-order valence-electron chi connectivity index (χ0n) is 16.7. The van der Waals surface area contributed by atoms with E-state index in [0.717, 1.165) is 12.8 Å². The molecule has 5 heteroatoms. The molecule has 154 valence electrons.